The van der Waals surface area contributed by atoms with Crippen molar-refractivity contribution in [1.29, 1.82) is 0 Å². The molecule has 1 aliphatic rings. The number of likely N-dealkylation sites (tertiary alicyclic amines) is 1. The van der Waals surface area contributed by atoms with Crippen LogP contribution in [0.1, 0.15) is 32.3 Å². The Hall–Kier alpha value is -0.640. The molecule has 0 radical (unpaired) electrons. The van der Waals surface area contributed by atoms with Crippen LogP contribution in [0.4, 0.5) is 4.39 Å². The highest BCUT2D eigenvalue weighted by Crippen LogP contribution is 2.30. The third-order valence-corrected chi connectivity index (χ3v) is 4.96. The van der Waals surface area contributed by atoms with E-state index in [1.54, 1.807) is 12.1 Å². The largest absolute Gasteiger partial charge is 0.329 e. The van der Waals surface area contributed by atoms with Crippen molar-refractivity contribution in [3.63, 3.8) is 0 Å². The number of hydrogen-bond acceptors (Lipinski definition) is 2. The van der Waals surface area contributed by atoms with Crippen molar-refractivity contribution in [2.45, 2.75) is 38.6 Å². The minimum absolute atomic E-state index is 0.230. The predicted octanol–water partition coefficient (Wildman–Crippen LogP) is 3.47. The van der Waals surface area contributed by atoms with E-state index in [9.17, 15) is 4.39 Å². The molecule has 1 atom stereocenters. The van der Waals surface area contributed by atoms with Gasteiger partial charge in [-0.3, -0.25) is 4.90 Å². The van der Waals surface area contributed by atoms with Crippen molar-refractivity contribution in [3.05, 3.63) is 34.6 Å². The van der Waals surface area contributed by atoms with Crippen LogP contribution in [0.15, 0.2) is 18.2 Å². The average Bonchev–Trinajstić information content (AvgIpc) is 2.43. The van der Waals surface area contributed by atoms with Crippen LogP contribution in [-0.2, 0) is 6.42 Å². The molecule has 1 unspecified atom stereocenters. The Bertz CT molecular complexity index is 438. The SMILES string of the molecule is CC1CCN(C(C)(CN)Cc2c(F)cccc2Cl)CC1. The molecule has 20 heavy (non-hydrogen) atoms. The molecule has 1 aromatic carbocycles. The number of piperidine rings is 1. The zero-order valence-electron chi connectivity index (χ0n) is 12.3. The van der Waals surface area contributed by atoms with E-state index in [4.69, 9.17) is 17.3 Å². The summed E-state index contributed by atoms with van der Waals surface area (Å²) in [6.45, 7) is 6.96. The van der Waals surface area contributed by atoms with Gasteiger partial charge in [-0.05, 0) is 57.3 Å². The maximum atomic E-state index is 14.0. The Morgan fingerprint density at radius 2 is 2.05 bits per heavy atom. The maximum absolute atomic E-state index is 14.0. The van der Waals surface area contributed by atoms with Crippen molar-refractivity contribution in [2.24, 2.45) is 11.7 Å². The van der Waals surface area contributed by atoms with E-state index in [0.717, 1.165) is 19.0 Å². The molecular weight excluding hydrogens is 275 g/mol. The first-order valence-corrected chi connectivity index (χ1v) is 7.72. The lowest BCUT2D eigenvalue weighted by Gasteiger charge is -2.44. The molecule has 0 spiro atoms. The highest BCUT2D eigenvalue weighted by atomic mass is 35.5. The van der Waals surface area contributed by atoms with Crippen LogP contribution in [0.25, 0.3) is 0 Å². The monoisotopic (exact) mass is 298 g/mol. The normalized spacial score (nSPS) is 20.9. The molecule has 2 rings (SSSR count). The van der Waals surface area contributed by atoms with Gasteiger partial charge in [0.25, 0.3) is 0 Å². The number of halogens is 2. The van der Waals surface area contributed by atoms with Gasteiger partial charge in [0.15, 0.2) is 0 Å². The van der Waals surface area contributed by atoms with Gasteiger partial charge in [0.05, 0.1) is 0 Å². The minimum Gasteiger partial charge on any atom is -0.329 e. The van der Waals surface area contributed by atoms with Gasteiger partial charge in [-0.2, -0.15) is 0 Å². The summed E-state index contributed by atoms with van der Waals surface area (Å²) in [6, 6.07) is 4.86. The third-order valence-electron chi connectivity index (χ3n) is 4.61. The molecule has 1 saturated heterocycles. The number of benzene rings is 1. The van der Waals surface area contributed by atoms with Crippen LogP contribution in [0.2, 0.25) is 5.02 Å². The number of rotatable bonds is 4. The molecule has 2 nitrogen and oxygen atoms in total. The molecule has 0 bridgehead atoms. The second kappa shape index (κ2) is 6.42. The predicted molar refractivity (Wildman–Crippen MR) is 82.5 cm³/mol. The molecule has 2 N–H and O–H groups in total. The summed E-state index contributed by atoms with van der Waals surface area (Å²) >= 11 is 6.16. The van der Waals surface area contributed by atoms with Crippen molar-refractivity contribution in [1.82, 2.24) is 4.90 Å². The number of hydrogen-bond donors (Lipinski definition) is 1. The van der Waals surface area contributed by atoms with E-state index in [0.29, 0.717) is 23.6 Å². The summed E-state index contributed by atoms with van der Waals surface area (Å²) in [4.78, 5) is 2.40. The Morgan fingerprint density at radius 1 is 1.40 bits per heavy atom. The zero-order valence-corrected chi connectivity index (χ0v) is 13.1. The first kappa shape index (κ1) is 15.7. The number of nitrogens with two attached hydrogens (primary N) is 1. The maximum Gasteiger partial charge on any atom is 0.127 e. The fraction of sp³-hybridized carbons (Fsp3) is 0.625. The van der Waals surface area contributed by atoms with E-state index in [1.807, 2.05) is 0 Å². The topological polar surface area (TPSA) is 29.3 Å². The minimum atomic E-state index is -0.234. The van der Waals surface area contributed by atoms with E-state index in [-0.39, 0.29) is 11.4 Å². The fourth-order valence-corrected chi connectivity index (χ4v) is 3.17. The second-order valence-corrected chi connectivity index (χ2v) is 6.65. The van der Waals surface area contributed by atoms with E-state index in [2.05, 4.69) is 18.7 Å². The molecule has 1 aliphatic heterocycles. The van der Waals surface area contributed by atoms with Crippen LogP contribution in [0, 0.1) is 11.7 Å². The Kier molecular flexibility index (Phi) is 5.05. The van der Waals surface area contributed by atoms with Gasteiger partial charge < -0.3 is 5.73 Å². The molecule has 1 aromatic rings. The third kappa shape index (κ3) is 3.33. The molecule has 0 aromatic heterocycles. The van der Waals surface area contributed by atoms with Crippen molar-refractivity contribution >= 4 is 11.6 Å². The van der Waals surface area contributed by atoms with Crippen LogP contribution < -0.4 is 5.73 Å². The van der Waals surface area contributed by atoms with E-state index in [1.165, 1.54) is 18.9 Å². The highest BCUT2D eigenvalue weighted by molar-refractivity contribution is 6.31. The quantitative estimate of drug-likeness (QED) is 0.922. The van der Waals surface area contributed by atoms with E-state index >= 15 is 0 Å². The van der Waals surface area contributed by atoms with Gasteiger partial charge in [0.1, 0.15) is 5.82 Å². The molecule has 1 heterocycles. The summed E-state index contributed by atoms with van der Waals surface area (Å²) in [5.41, 5.74) is 6.37. The summed E-state index contributed by atoms with van der Waals surface area (Å²) in [5.74, 6) is 0.535. The highest BCUT2D eigenvalue weighted by Gasteiger charge is 2.34. The molecule has 4 heteroatoms. The molecule has 1 fully saturated rings. The van der Waals surface area contributed by atoms with Gasteiger partial charge in [0, 0.05) is 22.7 Å². The Balaban J connectivity index is 2.19. The summed E-state index contributed by atoms with van der Waals surface area (Å²) in [5, 5.41) is 0.495. The molecule has 0 saturated carbocycles. The lowest BCUT2D eigenvalue weighted by molar-refractivity contribution is 0.0703. The van der Waals surface area contributed by atoms with Crippen LogP contribution in [0.3, 0.4) is 0 Å². The van der Waals surface area contributed by atoms with Crippen LogP contribution in [0.5, 0.6) is 0 Å². The lowest BCUT2D eigenvalue weighted by Crippen LogP contribution is -2.55. The standard InChI is InChI=1S/C16H24ClFN2/c1-12-6-8-20(9-7-12)16(2,11-19)10-13-14(17)4-3-5-15(13)18/h3-5,12H,6-11,19H2,1-2H3. The summed E-state index contributed by atoms with van der Waals surface area (Å²) in [6.07, 6.45) is 2.92. The summed E-state index contributed by atoms with van der Waals surface area (Å²) < 4.78 is 14.0. The molecule has 112 valence electrons. The van der Waals surface area contributed by atoms with E-state index < -0.39 is 0 Å². The second-order valence-electron chi connectivity index (χ2n) is 6.25. The summed E-state index contributed by atoms with van der Waals surface area (Å²) in [7, 11) is 0. The fourth-order valence-electron chi connectivity index (χ4n) is 2.94. The Morgan fingerprint density at radius 3 is 2.60 bits per heavy atom. The molecule has 0 amide bonds. The van der Waals surface area contributed by atoms with Gasteiger partial charge in [-0.15, -0.1) is 0 Å². The van der Waals surface area contributed by atoms with Crippen LogP contribution in [-0.4, -0.2) is 30.1 Å². The zero-order chi connectivity index (χ0) is 14.8. The van der Waals surface area contributed by atoms with Gasteiger partial charge in [0.2, 0.25) is 0 Å². The Labute approximate surface area is 126 Å². The molecule has 0 aliphatic carbocycles. The average molecular weight is 299 g/mol. The first-order chi connectivity index (χ1) is 9.46. The van der Waals surface area contributed by atoms with Gasteiger partial charge >= 0.3 is 0 Å². The van der Waals surface area contributed by atoms with Crippen molar-refractivity contribution in [2.75, 3.05) is 19.6 Å². The van der Waals surface area contributed by atoms with Crippen molar-refractivity contribution < 1.29 is 4.39 Å². The lowest BCUT2D eigenvalue weighted by atomic mass is 9.87. The van der Waals surface area contributed by atoms with Crippen LogP contribution >= 0.6 is 11.6 Å². The van der Waals surface area contributed by atoms with Gasteiger partial charge in [-0.25, -0.2) is 4.39 Å². The first-order valence-electron chi connectivity index (χ1n) is 7.34. The van der Waals surface area contributed by atoms with Gasteiger partial charge in [-0.1, -0.05) is 24.6 Å². The smallest absolute Gasteiger partial charge is 0.127 e. The molecular formula is C16H24ClFN2. The van der Waals surface area contributed by atoms with Crippen molar-refractivity contribution in [3.8, 4) is 0 Å². The number of nitrogens with zero attached hydrogens (tertiary/aromatic N) is 1.